The van der Waals surface area contributed by atoms with E-state index in [1.807, 2.05) is 0 Å². The van der Waals surface area contributed by atoms with Crippen LogP contribution in [0.3, 0.4) is 0 Å². The van der Waals surface area contributed by atoms with E-state index in [-0.39, 0.29) is 5.60 Å². The predicted molar refractivity (Wildman–Crippen MR) is 47.8 cm³/mol. The first-order valence-electron chi connectivity index (χ1n) is 4.80. The number of rotatable bonds is 4. The van der Waals surface area contributed by atoms with Crippen LogP contribution in [-0.4, -0.2) is 51.7 Å². The lowest BCUT2D eigenvalue weighted by Gasteiger charge is -2.32. The molecule has 1 unspecified atom stereocenters. The molecule has 2 saturated heterocycles. The van der Waals surface area contributed by atoms with Crippen molar-refractivity contribution < 1.29 is 14.2 Å². The molecular weight excluding hydrogens is 170 g/mol. The molecular formula is C9H17NO3. The minimum Gasteiger partial charge on any atom is -0.378 e. The third kappa shape index (κ3) is 2.02. The molecule has 0 aromatic carbocycles. The molecule has 2 rings (SSSR count). The summed E-state index contributed by atoms with van der Waals surface area (Å²) >= 11 is 0. The van der Waals surface area contributed by atoms with Crippen molar-refractivity contribution in [1.82, 2.24) is 5.32 Å². The van der Waals surface area contributed by atoms with Gasteiger partial charge in [0.2, 0.25) is 0 Å². The largest absolute Gasteiger partial charge is 0.378 e. The predicted octanol–water partition coefficient (Wildman–Crippen LogP) is -0.220. The van der Waals surface area contributed by atoms with Crippen LogP contribution < -0.4 is 5.32 Å². The summed E-state index contributed by atoms with van der Waals surface area (Å²) in [5.74, 6) is 0. The Kier molecular flexibility index (Phi) is 2.83. The summed E-state index contributed by atoms with van der Waals surface area (Å²) in [4.78, 5) is 0. The van der Waals surface area contributed by atoms with E-state index in [0.717, 1.165) is 26.1 Å². The molecule has 0 aromatic rings. The maximum Gasteiger partial charge on any atom is 0.116 e. The zero-order chi connectivity index (χ0) is 9.15. The van der Waals surface area contributed by atoms with Crippen LogP contribution in [0.4, 0.5) is 0 Å². The highest BCUT2D eigenvalue weighted by atomic mass is 16.6. The molecule has 4 nitrogen and oxygen atoms in total. The monoisotopic (exact) mass is 187 g/mol. The average Bonchev–Trinajstić information content (AvgIpc) is 2.51. The first-order valence-corrected chi connectivity index (χ1v) is 4.80. The quantitative estimate of drug-likeness (QED) is 0.660. The lowest BCUT2D eigenvalue weighted by molar-refractivity contribution is -0.104. The van der Waals surface area contributed by atoms with E-state index < -0.39 is 0 Å². The van der Waals surface area contributed by atoms with Crippen LogP contribution >= 0.6 is 0 Å². The fourth-order valence-corrected chi connectivity index (χ4v) is 1.57. The van der Waals surface area contributed by atoms with Crippen molar-refractivity contribution in [2.75, 3.05) is 40.0 Å². The molecule has 2 heterocycles. The number of ether oxygens (including phenoxy) is 3. The van der Waals surface area contributed by atoms with Crippen molar-refractivity contribution in [2.45, 2.75) is 18.1 Å². The lowest BCUT2D eigenvalue weighted by atomic mass is 10.0. The molecule has 76 valence electrons. The Balaban J connectivity index is 1.75. The topological polar surface area (TPSA) is 39.7 Å². The van der Waals surface area contributed by atoms with Gasteiger partial charge in [-0.05, 0) is 0 Å². The van der Waals surface area contributed by atoms with Gasteiger partial charge in [0.25, 0.3) is 0 Å². The molecule has 2 fully saturated rings. The summed E-state index contributed by atoms with van der Waals surface area (Å²) in [5.41, 5.74) is -0.171. The minimum absolute atomic E-state index is 0.171. The Bertz CT molecular complexity index is 164. The Morgan fingerprint density at radius 3 is 2.85 bits per heavy atom. The van der Waals surface area contributed by atoms with Gasteiger partial charge in [-0.3, -0.25) is 0 Å². The highest BCUT2D eigenvalue weighted by Gasteiger charge is 2.36. The molecule has 1 N–H and O–H groups in total. The Morgan fingerprint density at radius 2 is 2.38 bits per heavy atom. The second-order valence-corrected chi connectivity index (χ2v) is 3.78. The van der Waals surface area contributed by atoms with Gasteiger partial charge in [0, 0.05) is 33.2 Å². The van der Waals surface area contributed by atoms with Gasteiger partial charge in [-0.15, -0.1) is 0 Å². The highest BCUT2D eigenvalue weighted by molar-refractivity contribution is 4.86. The first-order chi connectivity index (χ1) is 6.35. The Morgan fingerprint density at radius 1 is 1.54 bits per heavy atom. The van der Waals surface area contributed by atoms with Crippen LogP contribution in [-0.2, 0) is 14.2 Å². The summed E-state index contributed by atoms with van der Waals surface area (Å²) in [7, 11) is 1.73. The number of hydrogen-bond donors (Lipinski definition) is 1. The molecule has 0 bridgehead atoms. The van der Waals surface area contributed by atoms with Crippen molar-refractivity contribution in [1.29, 1.82) is 0 Å². The van der Waals surface area contributed by atoms with Crippen LogP contribution in [0, 0.1) is 0 Å². The SMILES string of the molecule is COC1(COC2CNC2)CCOC1. The van der Waals surface area contributed by atoms with E-state index in [1.165, 1.54) is 0 Å². The van der Waals surface area contributed by atoms with Gasteiger partial charge in [0.05, 0.1) is 19.3 Å². The fourth-order valence-electron chi connectivity index (χ4n) is 1.57. The summed E-state index contributed by atoms with van der Waals surface area (Å²) in [5, 5.41) is 3.17. The molecule has 13 heavy (non-hydrogen) atoms. The second kappa shape index (κ2) is 3.92. The molecule has 0 saturated carbocycles. The smallest absolute Gasteiger partial charge is 0.116 e. The van der Waals surface area contributed by atoms with Crippen molar-refractivity contribution in [2.24, 2.45) is 0 Å². The van der Waals surface area contributed by atoms with E-state index in [9.17, 15) is 0 Å². The molecule has 4 heteroatoms. The van der Waals surface area contributed by atoms with E-state index in [4.69, 9.17) is 14.2 Å². The molecule has 1 atom stereocenters. The summed E-state index contributed by atoms with van der Waals surface area (Å²) in [6, 6.07) is 0. The first kappa shape index (κ1) is 9.40. The van der Waals surface area contributed by atoms with Crippen LogP contribution in [0.15, 0.2) is 0 Å². The van der Waals surface area contributed by atoms with Crippen molar-refractivity contribution in [3.05, 3.63) is 0 Å². The number of methoxy groups -OCH3 is 1. The summed E-state index contributed by atoms with van der Waals surface area (Å²) in [6.45, 7) is 4.07. The van der Waals surface area contributed by atoms with Crippen LogP contribution in [0.5, 0.6) is 0 Å². The normalized spacial score (nSPS) is 34.8. The van der Waals surface area contributed by atoms with Crippen LogP contribution in [0.1, 0.15) is 6.42 Å². The maximum absolute atomic E-state index is 5.69. The van der Waals surface area contributed by atoms with Crippen LogP contribution in [0.2, 0.25) is 0 Å². The molecule has 2 aliphatic heterocycles. The second-order valence-electron chi connectivity index (χ2n) is 3.78. The van der Waals surface area contributed by atoms with E-state index in [2.05, 4.69) is 5.32 Å². The number of nitrogens with one attached hydrogen (secondary N) is 1. The molecule has 0 aromatic heterocycles. The number of hydrogen-bond acceptors (Lipinski definition) is 4. The van der Waals surface area contributed by atoms with E-state index in [1.54, 1.807) is 7.11 Å². The van der Waals surface area contributed by atoms with E-state index in [0.29, 0.717) is 19.3 Å². The lowest BCUT2D eigenvalue weighted by Crippen LogP contribution is -2.51. The zero-order valence-electron chi connectivity index (χ0n) is 8.04. The maximum atomic E-state index is 5.69. The molecule has 0 amide bonds. The van der Waals surface area contributed by atoms with Crippen molar-refractivity contribution >= 4 is 0 Å². The van der Waals surface area contributed by atoms with Gasteiger partial charge >= 0.3 is 0 Å². The summed E-state index contributed by atoms with van der Waals surface area (Å²) < 4.78 is 16.5. The van der Waals surface area contributed by atoms with Gasteiger partial charge < -0.3 is 19.5 Å². The average molecular weight is 187 g/mol. The van der Waals surface area contributed by atoms with Gasteiger partial charge in [-0.2, -0.15) is 0 Å². The van der Waals surface area contributed by atoms with Gasteiger partial charge in [0.15, 0.2) is 0 Å². The molecule has 2 aliphatic rings. The van der Waals surface area contributed by atoms with Crippen molar-refractivity contribution in [3.63, 3.8) is 0 Å². The fraction of sp³-hybridized carbons (Fsp3) is 1.00. The Hall–Kier alpha value is -0.160. The summed E-state index contributed by atoms with van der Waals surface area (Å²) in [6.07, 6.45) is 1.33. The minimum atomic E-state index is -0.171. The molecule has 0 spiro atoms. The Labute approximate surface area is 78.5 Å². The third-order valence-electron chi connectivity index (χ3n) is 2.83. The zero-order valence-corrected chi connectivity index (χ0v) is 8.04. The van der Waals surface area contributed by atoms with Crippen molar-refractivity contribution in [3.8, 4) is 0 Å². The third-order valence-corrected chi connectivity index (χ3v) is 2.83. The van der Waals surface area contributed by atoms with Gasteiger partial charge in [0.1, 0.15) is 5.60 Å². The van der Waals surface area contributed by atoms with Crippen LogP contribution in [0.25, 0.3) is 0 Å². The highest BCUT2D eigenvalue weighted by Crippen LogP contribution is 2.23. The van der Waals surface area contributed by atoms with Gasteiger partial charge in [-0.25, -0.2) is 0 Å². The van der Waals surface area contributed by atoms with E-state index >= 15 is 0 Å². The van der Waals surface area contributed by atoms with Gasteiger partial charge in [-0.1, -0.05) is 0 Å². The standard InChI is InChI=1S/C9H17NO3/c1-11-9(2-3-12-6-9)7-13-8-4-10-5-8/h8,10H,2-7H2,1H3. The molecule has 0 aliphatic carbocycles. The molecule has 0 radical (unpaired) electrons.